The maximum absolute atomic E-state index is 10.9. The van der Waals surface area contributed by atoms with Crippen molar-refractivity contribution >= 4 is 20.2 Å². The van der Waals surface area contributed by atoms with Gasteiger partial charge < -0.3 is 4.74 Å². The van der Waals surface area contributed by atoms with Gasteiger partial charge in [0.15, 0.2) is 0 Å². The van der Waals surface area contributed by atoms with Crippen molar-refractivity contribution in [3.05, 3.63) is 0 Å². The van der Waals surface area contributed by atoms with Crippen molar-refractivity contribution in [1.82, 2.24) is 9.91 Å². The fourth-order valence-corrected chi connectivity index (χ4v) is 2.65. The number of hydrogen-bond acceptors (Lipinski definition) is 8. The van der Waals surface area contributed by atoms with Gasteiger partial charge in [0.1, 0.15) is 0 Å². The van der Waals surface area contributed by atoms with E-state index in [1.54, 1.807) is 4.90 Å². The molecule has 1 unspecified atom stereocenters. The molecule has 0 amide bonds. The lowest BCUT2D eigenvalue weighted by atomic mass is 10.3. The highest BCUT2D eigenvalue weighted by Gasteiger charge is 2.13. The molecule has 24 heavy (non-hydrogen) atoms. The highest BCUT2D eigenvalue weighted by atomic mass is 32.2. The van der Waals surface area contributed by atoms with Crippen LogP contribution in [0.25, 0.3) is 0 Å². The van der Waals surface area contributed by atoms with E-state index in [-0.39, 0.29) is 25.7 Å². The van der Waals surface area contributed by atoms with E-state index >= 15 is 0 Å². The quantitative estimate of drug-likeness (QED) is 0.192. The molecule has 0 saturated carbocycles. The second kappa shape index (κ2) is 11.3. The standard InChI is InChI=1S/C12H29N3O7S2/c1-3-12(2)22-9-6-14(7-10-23(16,17)18)4-5-15(13)8-11-24(19,20)21/h12H,3-11,13H2,1-2H3,(H,16,17,18)(H,19,20,21). The molecule has 12 heteroatoms. The monoisotopic (exact) mass is 391 g/mol. The lowest BCUT2D eigenvalue weighted by Crippen LogP contribution is -2.43. The maximum atomic E-state index is 10.9. The van der Waals surface area contributed by atoms with Crippen LogP contribution in [0.15, 0.2) is 0 Å². The summed E-state index contributed by atoms with van der Waals surface area (Å²) >= 11 is 0. The smallest absolute Gasteiger partial charge is 0.266 e. The second-order valence-electron chi connectivity index (χ2n) is 5.54. The summed E-state index contributed by atoms with van der Waals surface area (Å²) in [6.45, 7) is 5.46. The second-order valence-corrected chi connectivity index (χ2v) is 8.68. The molecular formula is C12H29N3O7S2. The number of nitrogens with zero attached hydrogens (tertiary/aromatic N) is 2. The Labute approximate surface area is 144 Å². The van der Waals surface area contributed by atoms with Crippen molar-refractivity contribution in [2.45, 2.75) is 26.4 Å². The van der Waals surface area contributed by atoms with Gasteiger partial charge in [-0.3, -0.25) is 19.8 Å². The van der Waals surface area contributed by atoms with Crippen LogP contribution in [0.4, 0.5) is 0 Å². The van der Waals surface area contributed by atoms with E-state index in [0.717, 1.165) is 6.42 Å². The van der Waals surface area contributed by atoms with Gasteiger partial charge in [-0.25, -0.2) is 5.01 Å². The third-order valence-electron chi connectivity index (χ3n) is 3.39. The van der Waals surface area contributed by atoms with Gasteiger partial charge in [0.2, 0.25) is 0 Å². The normalized spacial score (nSPS) is 14.5. The van der Waals surface area contributed by atoms with Crippen molar-refractivity contribution in [2.75, 3.05) is 50.8 Å². The molecule has 146 valence electrons. The summed E-state index contributed by atoms with van der Waals surface area (Å²) in [5.74, 6) is 4.75. The minimum atomic E-state index is -4.08. The third-order valence-corrected chi connectivity index (χ3v) is 4.79. The molecule has 10 nitrogen and oxygen atoms in total. The molecule has 0 bridgehead atoms. The van der Waals surface area contributed by atoms with E-state index in [4.69, 9.17) is 19.7 Å². The van der Waals surface area contributed by atoms with E-state index in [2.05, 4.69) is 0 Å². The Hall–Kier alpha value is -0.340. The molecule has 0 aromatic carbocycles. The maximum Gasteiger partial charge on any atom is 0.266 e. The van der Waals surface area contributed by atoms with Crippen LogP contribution in [0.2, 0.25) is 0 Å². The number of hydrazine groups is 1. The van der Waals surface area contributed by atoms with Crippen molar-refractivity contribution in [2.24, 2.45) is 5.84 Å². The molecule has 0 radical (unpaired) electrons. The van der Waals surface area contributed by atoms with Gasteiger partial charge in [-0.05, 0) is 13.3 Å². The largest absolute Gasteiger partial charge is 0.377 e. The lowest BCUT2D eigenvalue weighted by Gasteiger charge is -2.25. The Morgan fingerprint density at radius 2 is 1.50 bits per heavy atom. The van der Waals surface area contributed by atoms with Crippen LogP contribution in [0, 0.1) is 0 Å². The minimum Gasteiger partial charge on any atom is -0.377 e. The van der Waals surface area contributed by atoms with Gasteiger partial charge >= 0.3 is 0 Å². The molecule has 0 aliphatic rings. The zero-order valence-electron chi connectivity index (χ0n) is 14.2. The molecule has 0 fully saturated rings. The molecule has 0 spiro atoms. The zero-order valence-corrected chi connectivity index (χ0v) is 15.8. The first-order valence-electron chi connectivity index (χ1n) is 7.67. The molecule has 0 saturated heterocycles. The number of hydrogen-bond donors (Lipinski definition) is 3. The highest BCUT2D eigenvalue weighted by Crippen LogP contribution is 1.98. The van der Waals surface area contributed by atoms with Gasteiger partial charge in [-0.2, -0.15) is 16.8 Å². The summed E-state index contributed by atoms with van der Waals surface area (Å²) in [5, 5.41) is 1.23. The third kappa shape index (κ3) is 15.2. The van der Waals surface area contributed by atoms with E-state index in [1.165, 1.54) is 5.01 Å². The van der Waals surface area contributed by atoms with Gasteiger partial charge in [-0.1, -0.05) is 6.92 Å². The fourth-order valence-electron chi connectivity index (χ4n) is 1.69. The van der Waals surface area contributed by atoms with Crippen molar-refractivity contribution in [3.63, 3.8) is 0 Å². The first-order valence-corrected chi connectivity index (χ1v) is 10.9. The molecule has 0 aromatic heterocycles. The zero-order chi connectivity index (χ0) is 18.8. The first kappa shape index (κ1) is 23.7. The average molecular weight is 392 g/mol. The Balaban J connectivity index is 4.36. The fraction of sp³-hybridized carbons (Fsp3) is 1.00. The van der Waals surface area contributed by atoms with Gasteiger partial charge in [0.05, 0.1) is 24.2 Å². The molecular weight excluding hydrogens is 362 g/mol. The van der Waals surface area contributed by atoms with Crippen LogP contribution in [0.3, 0.4) is 0 Å². The topological polar surface area (TPSA) is 150 Å². The summed E-state index contributed by atoms with van der Waals surface area (Å²) < 4.78 is 66.2. The van der Waals surface area contributed by atoms with Crippen molar-refractivity contribution in [1.29, 1.82) is 0 Å². The first-order chi connectivity index (χ1) is 10.9. The van der Waals surface area contributed by atoms with Crippen LogP contribution < -0.4 is 5.84 Å². The SMILES string of the molecule is CCC(C)OCCN(CCN(N)CCS(=O)(=O)O)CCS(=O)(=O)O. The van der Waals surface area contributed by atoms with Gasteiger partial charge in [0.25, 0.3) is 20.2 Å². The summed E-state index contributed by atoms with van der Waals surface area (Å²) in [7, 11) is -8.15. The van der Waals surface area contributed by atoms with Crippen LogP contribution in [-0.4, -0.2) is 92.8 Å². The van der Waals surface area contributed by atoms with Crippen LogP contribution >= 0.6 is 0 Å². The minimum absolute atomic E-state index is 0.0473. The van der Waals surface area contributed by atoms with Crippen molar-refractivity contribution < 1.29 is 30.7 Å². The molecule has 0 heterocycles. The summed E-state index contributed by atoms with van der Waals surface area (Å²) in [4.78, 5) is 1.75. The van der Waals surface area contributed by atoms with E-state index in [0.29, 0.717) is 19.7 Å². The number of nitrogens with two attached hydrogens (primary N) is 1. The van der Waals surface area contributed by atoms with Gasteiger partial charge in [-0.15, -0.1) is 0 Å². The Bertz CT molecular complexity index is 539. The highest BCUT2D eigenvalue weighted by molar-refractivity contribution is 7.86. The van der Waals surface area contributed by atoms with Crippen LogP contribution in [0.1, 0.15) is 20.3 Å². The molecule has 0 aromatic rings. The van der Waals surface area contributed by atoms with Gasteiger partial charge in [0, 0.05) is 32.7 Å². The Morgan fingerprint density at radius 1 is 0.958 bits per heavy atom. The predicted molar refractivity (Wildman–Crippen MR) is 90.7 cm³/mol. The summed E-state index contributed by atoms with van der Waals surface area (Å²) in [5.41, 5.74) is 0. The van der Waals surface area contributed by atoms with E-state index in [9.17, 15) is 16.8 Å². The molecule has 1 atom stereocenters. The number of rotatable bonds is 14. The molecule has 0 aliphatic carbocycles. The summed E-state index contributed by atoms with van der Waals surface area (Å²) in [6.07, 6.45) is 0.950. The van der Waals surface area contributed by atoms with E-state index in [1.807, 2.05) is 13.8 Å². The Morgan fingerprint density at radius 3 is 2.00 bits per heavy atom. The van der Waals surface area contributed by atoms with E-state index < -0.39 is 31.7 Å². The number of ether oxygens (including phenoxy) is 1. The predicted octanol–water partition coefficient (Wildman–Crippen LogP) is -0.945. The summed E-state index contributed by atoms with van der Waals surface area (Å²) in [6, 6.07) is 0. The Kier molecular flexibility index (Phi) is 11.1. The van der Waals surface area contributed by atoms with Crippen LogP contribution in [0.5, 0.6) is 0 Å². The molecule has 0 aliphatic heterocycles. The molecule has 0 rings (SSSR count). The average Bonchev–Trinajstić information content (AvgIpc) is 2.45. The van der Waals surface area contributed by atoms with Crippen molar-refractivity contribution in [3.8, 4) is 0 Å². The lowest BCUT2D eigenvalue weighted by molar-refractivity contribution is 0.0455. The van der Waals surface area contributed by atoms with Crippen LogP contribution in [-0.2, 0) is 25.0 Å². The molecule has 4 N–H and O–H groups in total.